The number of hydrogen-bond acceptors (Lipinski definition) is 4. The van der Waals surface area contributed by atoms with Gasteiger partial charge in [-0.1, -0.05) is 20.8 Å². The number of thiophene rings is 1. The van der Waals surface area contributed by atoms with E-state index in [1.807, 2.05) is 18.3 Å². The van der Waals surface area contributed by atoms with Gasteiger partial charge >= 0.3 is 5.97 Å². The Morgan fingerprint density at radius 3 is 2.68 bits per heavy atom. The predicted molar refractivity (Wildman–Crippen MR) is 80.6 cm³/mol. The minimum absolute atomic E-state index is 0.101. The van der Waals surface area contributed by atoms with E-state index in [1.54, 1.807) is 0 Å². The first kappa shape index (κ1) is 16.2. The molecule has 1 aromatic rings. The quantitative estimate of drug-likeness (QED) is 0.615. The third kappa shape index (κ3) is 6.21. The smallest absolute Gasteiger partial charge is 0.305 e. The number of carbonyl (C=O) groups is 1. The summed E-state index contributed by atoms with van der Waals surface area (Å²) in [5.74, 6) is -0.101. The maximum atomic E-state index is 11.1. The van der Waals surface area contributed by atoms with E-state index in [0.29, 0.717) is 13.0 Å². The molecule has 0 saturated carbocycles. The van der Waals surface area contributed by atoms with Gasteiger partial charge in [0.15, 0.2) is 0 Å². The van der Waals surface area contributed by atoms with Crippen molar-refractivity contribution in [1.82, 2.24) is 5.32 Å². The van der Waals surface area contributed by atoms with Crippen molar-refractivity contribution in [2.75, 3.05) is 13.2 Å². The van der Waals surface area contributed by atoms with E-state index >= 15 is 0 Å². The summed E-state index contributed by atoms with van der Waals surface area (Å²) in [6, 6.07) is 4.39. The number of rotatable bonds is 7. The standard InChI is InChI=1S/C15H25NO2S/c1-5-18-14(17)7-6-10-16-11-12-8-9-13(19-12)15(2,3)4/h8-9,16H,5-7,10-11H2,1-4H3. The van der Waals surface area contributed by atoms with E-state index < -0.39 is 0 Å². The van der Waals surface area contributed by atoms with E-state index in [9.17, 15) is 4.79 Å². The van der Waals surface area contributed by atoms with Crippen LogP contribution in [-0.2, 0) is 21.5 Å². The third-order valence-corrected chi connectivity index (χ3v) is 4.25. The van der Waals surface area contributed by atoms with Crippen molar-refractivity contribution < 1.29 is 9.53 Å². The van der Waals surface area contributed by atoms with E-state index in [4.69, 9.17) is 4.74 Å². The maximum Gasteiger partial charge on any atom is 0.305 e. The first-order chi connectivity index (χ1) is 8.93. The second-order valence-corrected chi connectivity index (χ2v) is 6.77. The summed E-state index contributed by atoms with van der Waals surface area (Å²) in [6.07, 6.45) is 1.33. The fourth-order valence-corrected chi connectivity index (χ4v) is 2.71. The Hall–Kier alpha value is -0.870. The minimum atomic E-state index is -0.101. The average Bonchev–Trinajstić information content (AvgIpc) is 2.77. The Labute approximate surface area is 120 Å². The van der Waals surface area contributed by atoms with Gasteiger partial charge in [0.1, 0.15) is 0 Å². The highest BCUT2D eigenvalue weighted by Gasteiger charge is 2.15. The molecule has 0 spiro atoms. The monoisotopic (exact) mass is 283 g/mol. The van der Waals surface area contributed by atoms with Crippen LogP contribution < -0.4 is 5.32 Å². The highest BCUT2D eigenvalue weighted by Crippen LogP contribution is 2.29. The normalized spacial score (nSPS) is 11.6. The predicted octanol–water partition coefficient (Wildman–Crippen LogP) is 3.48. The van der Waals surface area contributed by atoms with Gasteiger partial charge in [-0.15, -0.1) is 11.3 Å². The molecule has 19 heavy (non-hydrogen) atoms. The molecule has 0 unspecified atom stereocenters. The molecule has 0 aromatic carbocycles. The first-order valence-corrected chi connectivity index (χ1v) is 7.70. The van der Waals surface area contributed by atoms with Crippen molar-refractivity contribution in [2.24, 2.45) is 0 Å². The number of carbonyl (C=O) groups excluding carboxylic acids is 1. The topological polar surface area (TPSA) is 38.3 Å². The molecule has 0 bridgehead atoms. The van der Waals surface area contributed by atoms with E-state index in [0.717, 1.165) is 19.5 Å². The molecule has 1 heterocycles. The van der Waals surface area contributed by atoms with Crippen LogP contribution >= 0.6 is 11.3 Å². The van der Waals surface area contributed by atoms with Gasteiger partial charge < -0.3 is 10.1 Å². The van der Waals surface area contributed by atoms with Crippen molar-refractivity contribution >= 4 is 17.3 Å². The third-order valence-electron chi connectivity index (χ3n) is 2.74. The van der Waals surface area contributed by atoms with Gasteiger partial charge in [0.2, 0.25) is 0 Å². The van der Waals surface area contributed by atoms with E-state index in [-0.39, 0.29) is 11.4 Å². The average molecular weight is 283 g/mol. The van der Waals surface area contributed by atoms with Crippen LogP contribution in [0.1, 0.15) is 50.3 Å². The van der Waals surface area contributed by atoms with Crippen LogP contribution in [0.2, 0.25) is 0 Å². The molecule has 108 valence electrons. The number of hydrogen-bond donors (Lipinski definition) is 1. The first-order valence-electron chi connectivity index (χ1n) is 6.89. The molecule has 3 nitrogen and oxygen atoms in total. The molecule has 0 aliphatic rings. The minimum Gasteiger partial charge on any atom is -0.466 e. The SMILES string of the molecule is CCOC(=O)CCCNCc1ccc(C(C)(C)C)s1. The summed E-state index contributed by atoms with van der Waals surface area (Å²) in [5.41, 5.74) is 0.229. The van der Waals surface area contributed by atoms with Crippen molar-refractivity contribution in [3.05, 3.63) is 21.9 Å². The lowest BCUT2D eigenvalue weighted by Crippen LogP contribution is -2.15. The summed E-state index contributed by atoms with van der Waals surface area (Å²) in [5, 5.41) is 3.37. The highest BCUT2D eigenvalue weighted by atomic mass is 32.1. The maximum absolute atomic E-state index is 11.1. The molecule has 0 amide bonds. The molecule has 0 atom stereocenters. The van der Waals surface area contributed by atoms with Crippen molar-refractivity contribution in [1.29, 1.82) is 0 Å². The van der Waals surface area contributed by atoms with E-state index in [2.05, 4.69) is 38.2 Å². The summed E-state index contributed by atoms with van der Waals surface area (Å²) < 4.78 is 4.88. The van der Waals surface area contributed by atoms with Gasteiger partial charge in [-0.25, -0.2) is 0 Å². The fourth-order valence-electron chi connectivity index (χ4n) is 1.68. The summed E-state index contributed by atoms with van der Waals surface area (Å²) in [4.78, 5) is 13.9. The molecular weight excluding hydrogens is 258 g/mol. The molecule has 0 saturated heterocycles. The van der Waals surface area contributed by atoms with Crippen LogP contribution in [0.3, 0.4) is 0 Å². The Balaban J connectivity index is 2.20. The van der Waals surface area contributed by atoms with Gasteiger partial charge in [-0.2, -0.15) is 0 Å². The molecule has 1 rings (SSSR count). The van der Waals surface area contributed by atoms with Crippen LogP contribution in [0.15, 0.2) is 12.1 Å². The second-order valence-electron chi connectivity index (χ2n) is 5.60. The van der Waals surface area contributed by atoms with Crippen molar-refractivity contribution in [3.8, 4) is 0 Å². The van der Waals surface area contributed by atoms with Gasteiger partial charge in [-0.05, 0) is 37.4 Å². The largest absolute Gasteiger partial charge is 0.466 e. The van der Waals surface area contributed by atoms with Gasteiger partial charge in [-0.3, -0.25) is 4.79 Å². The van der Waals surface area contributed by atoms with Crippen LogP contribution in [0.5, 0.6) is 0 Å². The van der Waals surface area contributed by atoms with Gasteiger partial charge in [0.25, 0.3) is 0 Å². The van der Waals surface area contributed by atoms with Crippen molar-refractivity contribution in [2.45, 2.75) is 52.5 Å². The van der Waals surface area contributed by atoms with E-state index in [1.165, 1.54) is 9.75 Å². The number of ether oxygens (including phenoxy) is 1. The zero-order chi connectivity index (χ0) is 14.3. The zero-order valence-electron chi connectivity index (χ0n) is 12.4. The highest BCUT2D eigenvalue weighted by molar-refractivity contribution is 7.12. The summed E-state index contributed by atoms with van der Waals surface area (Å²) >= 11 is 1.86. The molecule has 0 radical (unpaired) electrons. The Kier molecular flexibility index (Phi) is 6.52. The zero-order valence-corrected chi connectivity index (χ0v) is 13.2. The van der Waals surface area contributed by atoms with Crippen LogP contribution in [0.25, 0.3) is 0 Å². The molecule has 0 fully saturated rings. The Morgan fingerprint density at radius 1 is 1.37 bits per heavy atom. The second kappa shape index (κ2) is 7.65. The Bertz CT molecular complexity index is 393. The van der Waals surface area contributed by atoms with Crippen LogP contribution in [0, 0.1) is 0 Å². The summed E-state index contributed by atoms with van der Waals surface area (Å²) in [6.45, 7) is 10.7. The van der Waals surface area contributed by atoms with Crippen LogP contribution in [0.4, 0.5) is 0 Å². The summed E-state index contributed by atoms with van der Waals surface area (Å²) in [7, 11) is 0. The lowest BCUT2D eigenvalue weighted by atomic mass is 9.95. The molecule has 1 N–H and O–H groups in total. The lowest BCUT2D eigenvalue weighted by Gasteiger charge is -2.15. The van der Waals surface area contributed by atoms with Crippen LogP contribution in [-0.4, -0.2) is 19.1 Å². The van der Waals surface area contributed by atoms with Crippen molar-refractivity contribution in [3.63, 3.8) is 0 Å². The molecule has 4 heteroatoms. The fraction of sp³-hybridized carbons (Fsp3) is 0.667. The number of esters is 1. The number of nitrogens with one attached hydrogen (secondary N) is 1. The Morgan fingerprint density at radius 2 is 2.11 bits per heavy atom. The van der Waals surface area contributed by atoms with Gasteiger partial charge in [0, 0.05) is 22.7 Å². The molecule has 0 aliphatic heterocycles. The lowest BCUT2D eigenvalue weighted by molar-refractivity contribution is -0.143. The molecular formula is C15H25NO2S. The molecule has 1 aromatic heterocycles. The molecule has 0 aliphatic carbocycles. The van der Waals surface area contributed by atoms with Gasteiger partial charge in [0.05, 0.1) is 6.61 Å².